The van der Waals surface area contributed by atoms with Gasteiger partial charge in [-0.05, 0) is 54.3 Å². The van der Waals surface area contributed by atoms with Gasteiger partial charge < -0.3 is 15.2 Å². The summed E-state index contributed by atoms with van der Waals surface area (Å²) in [6.45, 7) is 5.37. The lowest BCUT2D eigenvalue weighted by atomic mass is 9.92. The maximum Gasteiger partial charge on any atom is 0.165 e. The van der Waals surface area contributed by atoms with Crippen molar-refractivity contribution in [3.63, 3.8) is 0 Å². The number of nitrogens with two attached hydrogens (primary N) is 1. The van der Waals surface area contributed by atoms with Crippen LogP contribution >= 0.6 is 0 Å². The summed E-state index contributed by atoms with van der Waals surface area (Å²) >= 11 is 0. The SMILES string of the molecule is COc1ccc(C(CN)Cc2cccc(OCC(C)C)c2)cc1F. The van der Waals surface area contributed by atoms with Gasteiger partial charge in [-0.1, -0.05) is 32.0 Å². The lowest BCUT2D eigenvalue weighted by Crippen LogP contribution is -2.15. The molecular weight excluding hydrogens is 305 g/mol. The van der Waals surface area contributed by atoms with Gasteiger partial charge in [0.05, 0.1) is 13.7 Å². The van der Waals surface area contributed by atoms with Gasteiger partial charge in [-0.2, -0.15) is 0 Å². The van der Waals surface area contributed by atoms with Crippen LogP contribution in [0.25, 0.3) is 0 Å². The molecule has 3 nitrogen and oxygen atoms in total. The van der Waals surface area contributed by atoms with E-state index in [4.69, 9.17) is 15.2 Å². The van der Waals surface area contributed by atoms with Gasteiger partial charge in [0.2, 0.25) is 0 Å². The van der Waals surface area contributed by atoms with Gasteiger partial charge in [0, 0.05) is 5.92 Å². The molecule has 130 valence electrons. The third-order valence-electron chi connectivity index (χ3n) is 3.90. The maximum absolute atomic E-state index is 13.9. The lowest BCUT2D eigenvalue weighted by Gasteiger charge is -2.17. The molecule has 0 fully saturated rings. The molecule has 0 spiro atoms. The summed E-state index contributed by atoms with van der Waals surface area (Å²) < 4.78 is 24.7. The second-order valence-electron chi connectivity index (χ2n) is 6.38. The summed E-state index contributed by atoms with van der Waals surface area (Å²) in [5, 5.41) is 0. The van der Waals surface area contributed by atoms with E-state index in [0.29, 0.717) is 19.1 Å². The first-order valence-electron chi connectivity index (χ1n) is 8.28. The molecule has 0 aliphatic carbocycles. The molecule has 0 aromatic heterocycles. The van der Waals surface area contributed by atoms with Crippen LogP contribution in [0.2, 0.25) is 0 Å². The van der Waals surface area contributed by atoms with Gasteiger partial charge in [-0.25, -0.2) is 4.39 Å². The Morgan fingerprint density at radius 2 is 1.92 bits per heavy atom. The summed E-state index contributed by atoms with van der Waals surface area (Å²) in [6.07, 6.45) is 0.737. The topological polar surface area (TPSA) is 44.5 Å². The van der Waals surface area contributed by atoms with Gasteiger partial charge in [0.15, 0.2) is 11.6 Å². The van der Waals surface area contributed by atoms with Crippen LogP contribution < -0.4 is 15.2 Å². The molecule has 0 saturated heterocycles. The molecule has 0 radical (unpaired) electrons. The Labute approximate surface area is 143 Å². The van der Waals surface area contributed by atoms with Gasteiger partial charge >= 0.3 is 0 Å². The molecule has 2 aromatic rings. The first kappa shape index (κ1) is 18.3. The predicted octanol–water partition coefficient (Wildman–Crippen LogP) is 4.15. The number of benzene rings is 2. The van der Waals surface area contributed by atoms with Crippen molar-refractivity contribution in [2.45, 2.75) is 26.2 Å². The number of rotatable bonds is 8. The first-order chi connectivity index (χ1) is 11.5. The molecule has 1 unspecified atom stereocenters. The Kier molecular flexibility index (Phi) is 6.62. The normalized spacial score (nSPS) is 12.2. The van der Waals surface area contributed by atoms with E-state index in [0.717, 1.165) is 23.3 Å². The van der Waals surface area contributed by atoms with Gasteiger partial charge in [0.1, 0.15) is 5.75 Å². The summed E-state index contributed by atoms with van der Waals surface area (Å²) in [5.41, 5.74) is 7.93. The highest BCUT2D eigenvalue weighted by molar-refractivity contribution is 5.34. The number of methoxy groups -OCH3 is 1. The molecule has 1 atom stereocenters. The van der Waals surface area contributed by atoms with Crippen LogP contribution in [0, 0.1) is 11.7 Å². The Bertz CT molecular complexity index is 658. The first-order valence-corrected chi connectivity index (χ1v) is 8.28. The molecule has 2 aromatic carbocycles. The number of hydrogen-bond donors (Lipinski definition) is 1. The maximum atomic E-state index is 13.9. The minimum absolute atomic E-state index is 0.0470. The standard InChI is InChI=1S/C20H26FNO2/c1-14(2)13-24-18-6-4-5-15(10-18)9-17(12-22)16-7-8-20(23-3)19(21)11-16/h4-8,10-11,14,17H,9,12-13,22H2,1-3H3. The number of hydrogen-bond acceptors (Lipinski definition) is 3. The zero-order valence-electron chi connectivity index (χ0n) is 14.6. The highest BCUT2D eigenvalue weighted by Crippen LogP contribution is 2.26. The molecular formula is C20H26FNO2. The minimum Gasteiger partial charge on any atom is -0.494 e. The van der Waals surface area contributed by atoms with Crippen LogP contribution in [-0.4, -0.2) is 20.3 Å². The zero-order chi connectivity index (χ0) is 17.5. The van der Waals surface area contributed by atoms with Crippen molar-refractivity contribution in [3.05, 3.63) is 59.4 Å². The van der Waals surface area contributed by atoms with E-state index in [1.807, 2.05) is 30.3 Å². The summed E-state index contributed by atoms with van der Waals surface area (Å²) in [7, 11) is 1.46. The van der Waals surface area contributed by atoms with Gasteiger partial charge in [0.25, 0.3) is 0 Å². The highest BCUT2D eigenvalue weighted by Gasteiger charge is 2.14. The molecule has 24 heavy (non-hydrogen) atoms. The number of ether oxygens (including phenoxy) is 2. The fourth-order valence-corrected chi connectivity index (χ4v) is 2.58. The van der Waals surface area contributed by atoms with E-state index >= 15 is 0 Å². The van der Waals surface area contributed by atoms with Crippen LogP contribution in [0.4, 0.5) is 4.39 Å². The second kappa shape index (κ2) is 8.69. The minimum atomic E-state index is -0.359. The van der Waals surface area contributed by atoms with Crippen molar-refractivity contribution in [1.29, 1.82) is 0 Å². The van der Waals surface area contributed by atoms with E-state index in [2.05, 4.69) is 13.8 Å². The monoisotopic (exact) mass is 331 g/mol. The average molecular weight is 331 g/mol. The molecule has 0 saturated carbocycles. The van der Waals surface area contributed by atoms with Crippen molar-refractivity contribution in [1.82, 2.24) is 0 Å². The Morgan fingerprint density at radius 1 is 1.12 bits per heavy atom. The largest absolute Gasteiger partial charge is 0.494 e. The van der Waals surface area contributed by atoms with Crippen LogP contribution in [0.1, 0.15) is 30.9 Å². The third kappa shape index (κ3) is 4.96. The third-order valence-corrected chi connectivity index (χ3v) is 3.90. The Morgan fingerprint density at radius 3 is 2.54 bits per heavy atom. The van der Waals surface area contributed by atoms with E-state index in [1.165, 1.54) is 13.2 Å². The predicted molar refractivity (Wildman–Crippen MR) is 95.2 cm³/mol. The highest BCUT2D eigenvalue weighted by atomic mass is 19.1. The smallest absolute Gasteiger partial charge is 0.165 e. The molecule has 0 heterocycles. The van der Waals surface area contributed by atoms with E-state index in [-0.39, 0.29) is 17.5 Å². The van der Waals surface area contributed by atoms with E-state index in [1.54, 1.807) is 6.07 Å². The van der Waals surface area contributed by atoms with Crippen LogP contribution in [0.15, 0.2) is 42.5 Å². The summed E-state index contributed by atoms with van der Waals surface area (Å²) in [4.78, 5) is 0. The Hall–Kier alpha value is -2.07. The van der Waals surface area contributed by atoms with E-state index in [9.17, 15) is 4.39 Å². The van der Waals surface area contributed by atoms with Crippen molar-refractivity contribution < 1.29 is 13.9 Å². The van der Waals surface area contributed by atoms with Gasteiger partial charge in [-0.15, -0.1) is 0 Å². The van der Waals surface area contributed by atoms with Crippen molar-refractivity contribution in [2.75, 3.05) is 20.3 Å². The number of halogens is 1. The Balaban J connectivity index is 2.12. The molecule has 0 amide bonds. The fraction of sp³-hybridized carbons (Fsp3) is 0.400. The fourth-order valence-electron chi connectivity index (χ4n) is 2.58. The second-order valence-corrected chi connectivity index (χ2v) is 6.38. The lowest BCUT2D eigenvalue weighted by molar-refractivity contribution is 0.271. The summed E-state index contributed by atoms with van der Waals surface area (Å²) in [5.74, 6) is 1.28. The molecule has 0 bridgehead atoms. The van der Waals surface area contributed by atoms with Gasteiger partial charge in [-0.3, -0.25) is 0 Å². The van der Waals surface area contributed by atoms with Crippen LogP contribution in [0.5, 0.6) is 11.5 Å². The molecule has 2 rings (SSSR count). The van der Waals surface area contributed by atoms with Crippen molar-refractivity contribution in [3.8, 4) is 11.5 Å². The summed E-state index contributed by atoms with van der Waals surface area (Å²) in [6, 6.07) is 13.0. The molecule has 0 aliphatic rings. The van der Waals surface area contributed by atoms with Crippen molar-refractivity contribution in [2.24, 2.45) is 11.7 Å². The molecule has 0 aliphatic heterocycles. The zero-order valence-corrected chi connectivity index (χ0v) is 14.6. The molecule has 4 heteroatoms. The van der Waals surface area contributed by atoms with Crippen LogP contribution in [0.3, 0.4) is 0 Å². The molecule has 2 N–H and O–H groups in total. The van der Waals surface area contributed by atoms with Crippen molar-refractivity contribution >= 4 is 0 Å². The quantitative estimate of drug-likeness (QED) is 0.790. The van der Waals surface area contributed by atoms with E-state index < -0.39 is 0 Å². The average Bonchev–Trinajstić information content (AvgIpc) is 2.58. The van der Waals surface area contributed by atoms with Crippen LogP contribution in [-0.2, 0) is 6.42 Å².